The third-order valence-corrected chi connectivity index (χ3v) is 2.37. The molecular weight excluding hydrogens is 198 g/mol. The SMILES string of the molecule is O=C(O)c1cccn2cc3c(c12)OCO3. The highest BCUT2D eigenvalue weighted by atomic mass is 16.7. The minimum Gasteiger partial charge on any atom is -0.478 e. The van der Waals surface area contributed by atoms with Gasteiger partial charge in [-0.2, -0.15) is 0 Å². The molecule has 15 heavy (non-hydrogen) atoms. The van der Waals surface area contributed by atoms with Gasteiger partial charge in [0.25, 0.3) is 0 Å². The van der Waals surface area contributed by atoms with Gasteiger partial charge in [-0.1, -0.05) is 0 Å². The first-order valence-corrected chi connectivity index (χ1v) is 4.40. The number of nitrogens with zero attached hydrogens (tertiary/aromatic N) is 1. The van der Waals surface area contributed by atoms with Crippen molar-refractivity contribution in [3.8, 4) is 11.5 Å². The summed E-state index contributed by atoms with van der Waals surface area (Å²) in [5.41, 5.74) is 0.752. The van der Waals surface area contributed by atoms with Crippen molar-refractivity contribution in [2.45, 2.75) is 0 Å². The van der Waals surface area contributed by atoms with Crippen molar-refractivity contribution >= 4 is 11.5 Å². The van der Waals surface area contributed by atoms with Crippen molar-refractivity contribution in [2.75, 3.05) is 6.79 Å². The van der Waals surface area contributed by atoms with Gasteiger partial charge in [-0.3, -0.25) is 0 Å². The fraction of sp³-hybridized carbons (Fsp3) is 0.100. The molecule has 3 rings (SSSR count). The zero-order valence-corrected chi connectivity index (χ0v) is 7.64. The van der Waals surface area contributed by atoms with Crippen molar-refractivity contribution in [1.82, 2.24) is 4.40 Å². The van der Waals surface area contributed by atoms with Crippen LogP contribution in [0.2, 0.25) is 0 Å². The molecule has 0 bridgehead atoms. The monoisotopic (exact) mass is 205 g/mol. The van der Waals surface area contributed by atoms with Crippen LogP contribution in [0.1, 0.15) is 10.4 Å². The first-order chi connectivity index (χ1) is 7.27. The van der Waals surface area contributed by atoms with E-state index in [9.17, 15) is 4.79 Å². The minimum atomic E-state index is -0.975. The summed E-state index contributed by atoms with van der Waals surface area (Å²) in [6.07, 6.45) is 3.47. The van der Waals surface area contributed by atoms with E-state index in [0.29, 0.717) is 17.0 Å². The lowest BCUT2D eigenvalue weighted by Gasteiger charge is -2.01. The smallest absolute Gasteiger partial charge is 0.337 e. The molecule has 76 valence electrons. The van der Waals surface area contributed by atoms with Gasteiger partial charge in [-0.15, -0.1) is 0 Å². The quantitative estimate of drug-likeness (QED) is 0.763. The van der Waals surface area contributed by atoms with E-state index in [1.165, 1.54) is 0 Å². The molecule has 0 aliphatic carbocycles. The summed E-state index contributed by atoms with van der Waals surface area (Å²) < 4.78 is 12.1. The number of aromatic carboxylic acids is 1. The number of ether oxygens (including phenoxy) is 2. The lowest BCUT2D eigenvalue weighted by atomic mass is 10.2. The number of carbonyl (C=O) groups is 1. The predicted octanol–water partition coefficient (Wildman–Crippen LogP) is 1.37. The van der Waals surface area contributed by atoms with E-state index in [1.807, 2.05) is 0 Å². The number of aromatic nitrogens is 1. The van der Waals surface area contributed by atoms with Crippen LogP contribution in [0.4, 0.5) is 0 Å². The van der Waals surface area contributed by atoms with Crippen LogP contribution in [0.5, 0.6) is 11.5 Å². The van der Waals surface area contributed by atoms with E-state index in [4.69, 9.17) is 14.6 Å². The van der Waals surface area contributed by atoms with Crippen LogP contribution >= 0.6 is 0 Å². The second kappa shape index (κ2) is 2.66. The molecule has 0 fully saturated rings. The van der Waals surface area contributed by atoms with Crippen LogP contribution in [0.15, 0.2) is 24.5 Å². The molecule has 0 spiro atoms. The molecule has 1 aliphatic heterocycles. The maximum atomic E-state index is 11.0. The molecule has 2 aromatic rings. The zero-order valence-electron chi connectivity index (χ0n) is 7.64. The van der Waals surface area contributed by atoms with Gasteiger partial charge in [0.1, 0.15) is 5.52 Å². The molecule has 0 unspecified atom stereocenters. The van der Waals surface area contributed by atoms with Gasteiger partial charge in [0, 0.05) is 6.20 Å². The van der Waals surface area contributed by atoms with Crippen molar-refractivity contribution in [3.05, 3.63) is 30.1 Å². The van der Waals surface area contributed by atoms with Crippen molar-refractivity contribution in [2.24, 2.45) is 0 Å². The first-order valence-electron chi connectivity index (χ1n) is 4.40. The standard InChI is InChI=1S/C10H7NO4/c12-10(13)6-2-1-3-11-4-7-9(8(6)11)15-5-14-7/h1-4H,5H2,(H,12,13). The van der Waals surface area contributed by atoms with Crippen LogP contribution in [0.3, 0.4) is 0 Å². The van der Waals surface area contributed by atoms with E-state index in [2.05, 4.69) is 0 Å². The molecule has 0 radical (unpaired) electrons. The molecular formula is C10H7NO4. The van der Waals surface area contributed by atoms with Crippen molar-refractivity contribution < 1.29 is 19.4 Å². The summed E-state index contributed by atoms with van der Waals surface area (Å²) in [7, 11) is 0. The molecule has 0 aromatic carbocycles. The molecule has 0 atom stereocenters. The maximum Gasteiger partial charge on any atom is 0.337 e. The number of hydrogen-bond donors (Lipinski definition) is 1. The number of carboxylic acid groups (broad SMARTS) is 1. The highest BCUT2D eigenvalue weighted by molar-refractivity contribution is 5.98. The second-order valence-electron chi connectivity index (χ2n) is 3.21. The fourth-order valence-electron chi connectivity index (χ4n) is 1.74. The summed E-state index contributed by atoms with van der Waals surface area (Å²) in [6.45, 7) is 0.148. The third-order valence-electron chi connectivity index (χ3n) is 2.37. The van der Waals surface area contributed by atoms with Crippen LogP contribution in [0, 0.1) is 0 Å². The molecule has 0 amide bonds. The molecule has 1 aliphatic rings. The number of carboxylic acids is 1. The Bertz CT molecular complexity index is 558. The molecule has 0 saturated carbocycles. The highest BCUT2D eigenvalue weighted by Crippen LogP contribution is 2.39. The Hall–Kier alpha value is -2.17. The first kappa shape index (κ1) is 8.16. The van der Waals surface area contributed by atoms with Gasteiger partial charge in [-0.25, -0.2) is 4.79 Å². The molecule has 2 aromatic heterocycles. The number of fused-ring (bicyclic) bond motifs is 3. The molecule has 3 heterocycles. The Balaban J connectivity index is 2.41. The minimum absolute atomic E-state index is 0.148. The summed E-state index contributed by atoms with van der Waals surface area (Å²) in [5, 5.41) is 9.02. The Morgan fingerprint density at radius 1 is 1.47 bits per heavy atom. The number of hydrogen-bond acceptors (Lipinski definition) is 3. The Morgan fingerprint density at radius 2 is 2.33 bits per heavy atom. The van der Waals surface area contributed by atoms with E-state index >= 15 is 0 Å². The number of rotatable bonds is 1. The maximum absolute atomic E-state index is 11.0. The largest absolute Gasteiger partial charge is 0.478 e. The van der Waals surface area contributed by atoms with E-state index in [-0.39, 0.29) is 12.4 Å². The predicted molar refractivity (Wildman–Crippen MR) is 50.5 cm³/mol. The van der Waals surface area contributed by atoms with E-state index < -0.39 is 5.97 Å². The fourth-order valence-corrected chi connectivity index (χ4v) is 1.74. The zero-order chi connectivity index (χ0) is 10.4. The van der Waals surface area contributed by atoms with Gasteiger partial charge in [0.05, 0.1) is 11.8 Å². The highest BCUT2D eigenvalue weighted by Gasteiger charge is 2.23. The second-order valence-corrected chi connectivity index (χ2v) is 3.21. The average molecular weight is 205 g/mol. The molecule has 5 nitrogen and oxygen atoms in total. The summed E-state index contributed by atoms with van der Waals surface area (Å²) in [6, 6.07) is 3.21. The lowest BCUT2D eigenvalue weighted by Crippen LogP contribution is -2.01. The molecule has 1 N–H and O–H groups in total. The van der Waals surface area contributed by atoms with Gasteiger partial charge in [-0.05, 0) is 12.1 Å². The normalized spacial score (nSPS) is 13.3. The van der Waals surface area contributed by atoms with E-state index in [0.717, 1.165) is 0 Å². The van der Waals surface area contributed by atoms with E-state index in [1.54, 1.807) is 28.9 Å². The summed E-state index contributed by atoms with van der Waals surface area (Å²) >= 11 is 0. The Kier molecular flexibility index (Phi) is 1.45. The van der Waals surface area contributed by atoms with Gasteiger partial charge < -0.3 is 19.0 Å². The Morgan fingerprint density at radius 3 is 3.13 bits per heavy atom. The molecule has 5 heteroatoms. The molecule has 0 saturated heterocycles. The number of pyridine rings is 1. The summed E-state index contributed by atoms with van der Waals surface area (Å²) in [4.78, 5) is 11.0. The average Bonchev–Trinajstić information content (AvgIpc) is 2.75. The Labute approximate surface area is 84.5 Å². The van der Waals surface area contributed by atoms with Crippen molar-refractivity contribution in [3.63, 3.8) is 0 Å². The van der Waals surface area contributed by atoms with Crippen LogP contribution in [-0.4, -0.2) is 22.3 Å². The van der Waals surface area contributed by atoms with Gasteiger partial charge in [0.15, 0.2) is 11.5 Å². The summed E-state index contributed by atoms with van der Waals surface area (Å²) in [5.74, 6) is 0.119. The van der Waals surface area contributed by atoms with Crippen LogP contribution in [-0.2, 0) is 0 Å². The third kappa shape index (κ3) is 0.999. The van der Waals surface area contributed by atoms with Crippen LogP contribution < -0.4 is 9.47 Å². The van der Waals surface area contributed by atoms with Gasteiger partial charge >= 0.3 is 5.97 Å². The topological polar surface area (TPSA) is 60.2 Å². The lowest BCUT2D eigenvalue weighted by molar-refractivity contribution is 0.0698. The van der Waals surface area contributed by atoms with Crippen molar-refractivity contribution in [1.29, 1.82) is 0 Å². The van der Waals surface area contributed by atoms with Crippen LogP contribution in [0.25, 0.3) is 5.52 Å². The van der Waals surface area contributed by atoms with Gasteiger partial charge in [0.2, 0.25) is 6.79 Å².